The van der Waals surface area contributed by atoms with Crippen molar-refractivity contribution in [2.75, 3.05) is 19.5 Å². The van der Waals surface area contributed by atoms with Crippen molar-refractivity contribution in [1.82, 2.24) is 4.90 Å². The number of aliphatic hydroxyl groups is 1. The minimum absolute atomic E-state index is 0. The molecular formula is C19H30ClNO. The second kappa shape index (κ2) is 8.33. The largest absolute Gasteiger partial charge is 0.385 e. The van der Waals surface area contributed by atoms with Crippen LogP contribution in [0.1, 0.15) is 67.8 Å². The van der Waals surface area contributed by atoms with Crippen molar-refractivity contribution < 1.29 is 16.1 Å². The molecule has 22 heavy (non-hydrogen) atoms. The Labute approximate surface area is 152 Å². The number of benzene rings is 1. The molecule has 1 aromatic rings. The summed E-state index contributed by atoms with van der Waals surface area (Å²) in [5.74, 6) is -0.0634. The lowest BCUT2D eigenvalue weighted by atomic mass is 9.71. The third-order valence-electron chi connectivity index (χ3n) is 4.71. The Morgan fingerprint density at radius 1 is 1.09 bits per heavy atom. The van der Waals surface area contributed by atoms with Gasteiger partial charge >= 0.3 is 0 Å². The SMILES string of the molecule is Cl.[2H]C1([2H])N(CCC(O)(c2ccccc2)C2CCCCC2)C([2H])([2H])C([2H])([2H])C1([2H])[2H]. The van der Waals surface area contributed by atoms with E-state index in [0.717, 1.165) is 32.1 Å². The summed E-state index contributed by atoms with van der Waals surface area (Å²) in [6.45, 7) is -6.02. The molecular weight excluding hydrogens is 294 g/mol. The molecule has 1 atom stereocenters. The van der Waals surface area contributed by atoms with E-state index in [9.17, 15) is 5.11 Å². The van der Waals surface area contributed by atoms with Crippen LogP contribution >= 0.6 is 12.4 Å². The highest BCUT2D eigenvalue weighted by Crippen LogP contribution is 2.41. The van der Waals surface area contributed by atoms with Crippen LogP contribution in [0.3, 0.4) is 0 Å². The van der Waals surface area contributed by atoms with E-state index >= 15 is 0 Å². The lowest BCUT2D eigenvalue weighted by Crippen LogP contribution is -2.39. The van der Waals surface area contributed by atoms with Gasteiger partial charge in [0, 0.05) is 17.5 Å². The maximum atomic E-state index is 11.7. The minimum atomic E-state index is -3.04. The Balaban J connectivity index is 0.00000320. The van der Waals surface area contributed by atoms with Crippen molar-refractivity contribution in [3.63, 3.8) is 0 Å². The van der Waals surface area contributed by atoms with Crippen molar-refractivity contribution in [2.45, 2.75) is 56.9 Å². The van der Waals surface area contributed by atoms with Gasteiger partial charge in [0.2, 0.25) is 0 Å². The summed E-state index contributed by atoms with van der Waals surface area (Å²) < 4.78 is 64.5. The van der Waals surface area contributed by atoms with Gasteiger partial charge in [0.25, 0.3) is 0 Å². The summed E-state index contributed by atoms with van der Waals surface area (Å²) in [7, 11) is 0. The lowest BCUT2D eigenvalue weighted by molar-refractivity contribution is -0.0510. The second-order valence-corrected chi connectivity index (χ2v) is 6.00. The summed E-state index contributed by atoms with van der Waals surface area (Å²) >= 11 is 0. The van der Waals surface area contributed by atoms with Crippen LogP contribution in [0.25, 0.3) is 0 Å². The van der Waals surface area contributed by atoms with Gasteiger partial charge in [-0.2, -0.15) is 0 Å². The Hall–Kier alpha value is -0.570. The Morgan fingerprint density at radius 2 is 1.73 bits per heavy atom. The van der Waals surface area contributed by atoms with Gasteiger partial charge in [-0.1, -0.05) is 49.6 Å². The van der Waals surface area contributed by atoms with Crippen LogP contribution in [0.15, 0.2) is 30.3 Å². The molecule has 1 N–H and O–H groups in total. The van der Waals surface area contributed by atoms with E-state index in [-0.39, 0.29) is 31.3 Å². The van der Waals surface area contributed by atoms with E-state index in [1.54, 1.807) is 12.1 Å². The smallest absolute Gasteiger partial charge is 0.0936 e. The molecule has 2 aliphatic rings. The van der Waals surface area contributed by atoms with Crippen molar-refractivity contribution >= 4 is 12.4 Å². The van der Waals surface area contributed by atoms with Crippen LogP contribution in [-0.4, -0.2) is 29.5 Å². The Morgan fingerprint density at radius 3 is 2.36 bits per heavy atom. The average Bonchev–Trinajstić information content (AvgIpc) is 2.74. The molecule has 0 radical (unpaired) electrons. The van der Waals surface area contributed by atoms with Gasteiger partial charge in [-0.05, 0) is 56.5 Å². The third kappa shape index (κ3) is 4.04. The number of hydrogen-bond acceptors (Lipinski definition) is 2. The normalized spacial score (nSPS) is 37.5. The molecule has 1 aliphatic carbocycles. The number of halogens is 1. The topological polar surface area (TPSA) is 23.5 Å². The van der Waals surface area contributed by atoms with Crippen LogP contribution in [0.4, 0.5) is 0 Å². The fourth-order valence-corrected chi connectivity index (χ4v) is 3.50. The first kappa shape index (κ1) is 9.66. The van der Waals surface area contributed by atoms with Crippen LogP contribution in [0, 0.1) is 5.92 Å². The van der Waals surface area contributed by atoms with E-state index in [1.165, 1.54) is 0 Å². The number of rotatable bonds is 5. The van der Waals surface area contributed by atoms with E-state index in [4.69, 9.17) is 11.0 Å². The summed E-state index contributed by atoms with van der Waals surface area (Å²) in [6, 6.07) is 9.08. The highest BCUT2D eigenvalue weighted by atomic mass is 35.5. The maximum absolute atomic E-state index is 11.7. The Bertz CT molecular complexity index is 701. The monoisotopic (exact) mass is 331 g/mol. The van der Waals surface area contributed by atoms with E-state index in [1.807, 2.05) is 18.2 Å². The molecule has 2 nitrogen and oxygen atoms in total. The molecule has 0 bridgehead atoms. The van der Waals surface area contributed by atoms with E-state index in [2.05, 4.69) is 0 Å². The number of nitrogens with zero attached hydrogens (tertiary/aromatic N) is 1. The molecule has 1 unspecified atom stereocenters. The van der Waals surface area contributed by atoms with Gasteiger partial charge in [0.05, 0.1) is 5.60 Å². The standard InChI is InChI=1S/C19H29NO.ClH/c21-19(17-9-3-1-4-10-17,18-11-5-2-6-12-18)13-16-20-14-7-8-15-20;/h1,3-4,9-10,18,21H,2,5-8,11-16H2;1H/i7D2,8D2,14D2,15D2;. The van der Waals surface area contributed by atoms with Gasteiger partial charge in [0.1, 0.15) is 0 Å². The quantitative estimate of drug-likeness (QED) is 0.866. The van der Waals surface area contributed by atoms with Gasteiger partial charge in [0.15, 0.2) is 0 Å². The van der Waals surface area contributed by atoms with Crippen LogP contribution in [0.2, 0.25) is 0 Å². The number of hydrogen-bond donors (Lipinski definition) is 1. The third-order valence-corrected chi connectivity index (χ3v) is 4.71. The molecule has 2 fully saturated rings. The first-order valence-electron chi connectivity index (χ1n) is 11.9. The highest BCUT2D eigenvalue weighted by Gasteiger charge is 2.38. The molecule has 1 aromatic carbocycles. The van der Waals surface area contributed by atoms with Crippen molar-refractivity contribution in [2.24, 2.45) is 5.92 Å². The Kier molecular flexibility index (Phi) is 3.66. The molecule has 1 saturated carbocycles. The van der Waals surface area contributed by atoms with Gasteiger partial charge in [-0.3, -0.25) is 0 Å². The zero-order chi connectivity index (χ0) is 21.7. The predicted molar refractivity (Wildman–Crippen MR) is 94.5 cm³/mol. The zero-order valence-corrected chi connectivity index (χ0v) is 13.5. The summed E-state index contributed by atoms with van der Waals surface area (Å²) in [5, 5.41) is 11.7. The van der Waals surface area contributed by atoms with E-state index in [0.29, 0.717) is 10.5 Å². The fourth-order valence-electron chi connectivity index (χ4n) is 3.50. The molecule has 3 rings (SSSR count). The van der Waals surface area contributed by atoms with Crippen LogP contribution in [0.5, 0.6) is 0 Å². The molecule has 1 saturated heterocycles. The summed E-state index contributed by atoms with van der Waals surface area (Å²) in [4.78, 5) is 0.622. The summed E-state index contributed by atoms with van der Waals surface area (Å²) in [5.41, 5.74) is -0.631. The van der Waals surface area contributed by atoms with Gasteiger partial charge < -0.3 is 10.0 Å². The molecule has 0 spiro atoms. The molecule has 1 heterocycles. The van der Waals surface area contributed by atoms with Crippen molar-refractivity contribution in [1.29, 1.82) is 0 Å². The molecule has 0 aromatic heterocycles. The van der Waals surface area contributed by atoms with Crippen molar-refractivity contribution in [3.05, 3.63) is 35.9 Å². The number of likely N-dealkylation sites (tertiary alicyclic amines) is 1. The molecule has 3 heteroatoms. The van der Waals surface area contributed by atoms with Crippen LogP contribution < -0.4 is 0 Å². The zero-order valence-electron chi connectivity index (χ0n) is 20.7. The molecule has 124 valence electrons. The molecule has 0 amide bonds. The second-order valence-electron chi connectivity index (χ2n) is 6.00. The summed E-state index contributed by atoms with van der Waals surface area (Å²) in [6.07, 6.45) is -1.41. The fraction of sp³-hybridized carbons (Fsp3) is 0.684. The van der Waals surface area contributed by atoms with Crippen molar-refractivity contribution in [3.8, 4) is 0 Å². The van der Waals surface area contributed by atoms with Gasteiger partial charge in [-0.15, -0.1) is 12.4 Å². The minimum Gasteiger partial charge on any atom is -0.385 e. The van der Waals surface area contributed by atoms with Gasteiger partial charge in [-0.25, -0.2) is 0 Å². The average molecular weight is 332 g/mol. The van der Waals surface area contributed by atoms with E-state index < -0.39 is 31.3 Å². The first-order valence-corrected chi connectivity index (χ1v) is 7.86. The first-order chi connectivity index (χ1) is 13.3. The molecule has 1 aliphatic heterocycles. The highest BCUT2D eigenvalue weighted by molar-refractivity contribution is 5.85. The predicted octanol–water partition coefficient (Wildman–Crippen LogP) is 4.36. The maximum Gasteiger partial charge on any atom is 0.0936 e. The lowest BCUT2D eigenvalue weighted by Gasteiger charge is -2.40. The van der Waals surface area contributed by atoms with Crippen LogP contribution in [-0.2, 0) is 5.60 Å².